The van der Waals surface area contributed by atoms with Gasteiger partial charge in [0.1, 0.15) is 12.6 Å². The lowest BCUT2D eigenvalue weighted by Gasteiger charge is -2.33. The number of hydrogen-bond donors (Lipinski definition) is 1. The van der Waals surface area contributed by atoms with Gasteiger partial charge < -0.3 is 10.2 Å². The number of sulfonamides is 1. The number of halogens is 1. The maximum atomic E-state index is 14.1. The molecule has 1 aliphatic rings. The number of carbonyl (C=O) groups is 2. The zero-order valence-electron chi connectivity index (χ0n) is 22.9. The average Bonchev–Trinajstić information content (AvgIpc) is 3.46. The Morgan fingerprint density at radius 3 is 2.17 bits per heavy atom. The normalized spacial score (nSPS) is 14.5. The smallest absolute Gasteiger partial charge is 0.264 e. The van der Waals surface area contributed by atoms with Crippen LogP contribution in [0.4, 0.5) is 5.69 Å². The molecule has 1 N–H and O–H groups in total. The van der Waals surface area contributed by atoms with Gasteiger partial charge in [-0.1, -0.05) is 83.7 Å². The van der Waals surface area contributed by atoms with E-state index in [1.54, 1.807) is 42.5 Å². The van der Waals surface area contributed by atoms with Crippen molar-refractivity contribution in [2.45, 2.75) is 69.5 Å². The third kappa shape index (κ3) is 7.31. The molecule has 0 aliphatic heterocycles. The molecule has 1 aliphatic carbocycles. The Balaban J connectivity index is 1.69. The van der Waals surface area contributed by atoms with Crippen LogP contribution in [-0.2, 0) is 26.2 Å². The van der Waals surface area contributed by atoms with Crippen LogP contribution < -0.4 is 9.62 Å². The number of hydrogen-bond acceptors (Lipinski definition) is 4. The Morgan fingerprint density at radius 1 is 0.950 bits per heavy atom. The standard InChI is InChI=1S/C31H36BrN3O4S/c1-3-29(31(37)33-26-9-7-8-10-26)34(21-24-15-13-23(2)14-16-24)30(36)22-35(27-19-17-25(32)18-20-27)40(38,39)28-11-5-4-6-12-28/h4-6,11-20,26,29H,3,7-10,21-22H2,1-2H3,(H,33,37)/t29-/m1/s1. The van der Waals surface area contributed by atoms with Gasteiger partial charge in [-0.25, -0.2) is 8.42 Å². The van der Waals surface area contributed by atoms with Crippen molar-refractivity contribution in [1.29, 1.82) is 0 Å². The molecule has 0 saturated heterocycles. The minimum atomic E-state index is -4.08. The Labute approximate surface area is 245 Å². The zero-order chi connectivity index (χ0) is 28.7. The highest BCUT2D eigenvalue weighted by molar-refractivity contribution is 9.10. The summed E-state index contributed by atoms with van der Waals surface area (Å²) in [4.78, 5) is 29.2. The molecule has 1 saturated carbocycles. The highest BCUT2D eigenvalue weighted by Crippen LogP contribution is 2.26. The number of nitrogens with one attached hydrogen (secondary N) is 1. The summed E-state index contributed by atoms with van der Waals surface area (Å²) in [5.41, 5.74) is 2.31. The largest absolute Gasteiger partial charge is 0.352 e. The van der Waals surface area contributed by atoms with Crippen LogP contribution in [0.15, 0.2) is 88.2 Å². The third-order valence-electron chi connectivity index (χ3n) is 7.29. The molecule has 0 radical (unpaired) electrons. The van der Waals surface area contributed by atoms with Crippen molar-refractivity contribution in [1.82, 2.24) is 10.2 Å². The summed E-state index contributed by atoms with van der Waals surface area (Å²) in [5.74, 6) is -0.646. The van der Waals surface area contributed by atoms with Gasteiger partial charge in [-0.2, -0.15) is 0 Å². The van der Waals surface area contributed by atoms with Crippen LogP contribution in [0.5, 0.6) is 0 Å². The van der Waals surface area contributed by atoms with E-state index in [0.717, 1.165) is 45.6 Å². The molecular weight excluding hydrogens is 590 g/mol. The van der Waals surface area contributed by atoms with Crippen LogP contribution in [0, 0.1) is 6.92 Å². The van der Waals surface area contributed by atoms with Gasteiger partial charge in [0.25, 0.3) is 10.0 Å². The van der Waals surface area contributed by atoms with Gasteiger partial charge in [-0.05, 0) is 68.1 Å². The van der Waals surface area contributed by atoms with E-state index in [0.29, 0.717) is 12.1 Å². The van der Waals surface area contributed by atoms with Crippen LogP contribution in [0.2, 0.25) is 0 Å². The molecule has 1 atom stereocenters. The topological polar surface area (TPSA) is 86.8 Å². The van der Waals surface area contributed by atoms with Gasteiger partial charge >= 0.3 is 0 Å². The molecule has 1 fully saturated rings. The highest BCUT2D eigenvalue weighted by Gasteiger charge is 2.34. The van der Waals surface area contributed by atoms with Gasteiger partial charge in [0.15, 0.2) is 0 Å². The Hall–Kier alpha value is -3.17. The minimum absolute atomic E-state index is 0.0850. The maximum Gasteiger partial charge on any atom is 0.264 e. The number of rotatable bonds is 11. The first-order valence-corrected chi connectivity index (χ1v) is 15.9. The molecule has 0 heterocycles. The van der Waals surface area contributed by atoms with E-state index in [-0.39, 0.29) is 23.4 Å². The molecule has 0 aromatic heterocycles. The second-order valence-corrected chi connectivity index (χ2v) is 13.0. The second-order valence-electron chi connectivity index (χ2n) is 10.2. The molecule has 3 aromatic carbocycles. The summed E-state index contributed by atoms with van der Waals surface area (Å²) in [6.07, 6.45) is 4.42. The molecule has 212 valence electrons. The number of benzene rings is 3. The van der Waals surface area contributed by atoms with Crippen molar-refractivity contribution < 1.29 is 18.0 Å². The van der Waals surface area contributed by atoms with E-state index in [1.807, 2.05) is 38.1 Å². The second kappa shape index (κ2) is 13.5. The molecule has 0 unspecified atom stereocenters. The Bertz CT molecular complexity index is 1390. The summed E-state index contributed by atoms with van der Waals surface area (Å²) >= 11 is 3.40. The first kappa shape index (κ1) is 29.8. The summed E-state index contributed by atoms with van der Waals surface area (Å²) in [6, 6.07) is 22.0. The molecule has 4 rings (SSSR count). The third-order valence-corrected chi connectivity index (χ3v) is 9.60. The lowest BCUT2D eigenvalue weighted by molar-refractivity contribution is -0.140. The van der Waals surface area contributed by atoms with E-state index in [9.17, 15) is 18.0 Å². The van der Waals surface area contributed by atoms with Gasteiger partial charge in [0, 0.05) is 17.1 Å². The average molecular weight is 627 g/mol. The van der Waals surface area contributed by atoms with E-state index in [2.05, 4.69) is 21.2 Å². The summed E-state index contributed by atoms with van der Waals surface area (Å²) < 4.78 is 29.6. The van der Waals surface area contributed by atoms with Crippen LogP contribution in [0.3, 0.4) is 0 Å². The van der Waals surface area contributed by atoms with Gasteiger partial charge in [0.2, 0.25) is 11.8 Å². The van der Waals surface area contributed by atoms with Crippen LogP contribution >= 0.6 is 15.9 Å². The monoisotopic (exact) mass is 625 g/mol. The Kier molecular flexibility index (Phi) is 10.0. The number of nitrogens with zero attached hydrogens (tertiary/aromatic N) is 2. The van der Waals surface area contributed by atoms with Crippen LogP contribution in [-0.4, -0.2) is 43.8 Å². The zero-order valence-corrected chi connectivity index (χ0v) is 25.3. The summed E-state index contributed by atoms with van der Waals surface area (Å²) in [5, 5.41) is 3.14. The SMILES string of the molecule is CC[C@H](C(=O)NC1CCCC1)N(Cc1ccc(C)cc1)C(=O)CN(c1ccc(Br)cc1)S(=O)(=O)c1ccccc1. The summed E-state index contributed by atoms with van der Waals surface area (Å²) in [6.45, 7) is 3.61. The first-order valence-electron chi connectivity index (χ1n) is 13.7. The molecule has 40 heavy (non-hydrogen) atoms. The van der Waals surface area contributed by atoms with Gasteiger partial charge in [0.05, 0.1) is 10.6 Å². The van der Waals surface area contributed by atoms with E-state index < -0.39 is 28.5 Å². The summed E-state index contributed by atoms with van der Waals surface area (Å²) in [7, 11) is -4.08. The molecule has 7 nitrogen and oxygen atoms in total. The van der Waals surface area contributed by atoms with Crippen molar-refractivity contribution in [2.75, 3.05) is 10.8 Å². The van der Waals surface area contributed by atoms with E-state index in [1.165, 1.54) is 17.0 Å². The quantitative estimate of drug-likeness (QED) is 0.291. The maximum absolute atomic E-state index is 14.1. The highest BCUT2D eigenvalue weighted by atomic mass is 79.9. The fourth-order valence-electron chi connectivity index (χ4n) is 5.03. The predicted molar refractivity (Wildman–Crippen MR) is 161 cm³/mol. The van der Waals surface area contributed by atoms with Gasteiger partial charge in [-0.3, -0.25) is 13.9 Å². The van der Waals surface area contributed by atoms with Crippen LogP contribution in [0.1, 0.15) is 50.2 Å². The van der Waals surface area contributed by atoms with E-state index >= 15 is 0 Å². The fraction of sp³-hybridized carbons (Fsp3) is 0.355. The number of aryl methyl sites for hydroxylation is 1. The predicted octanol–water partition coefficient (Wildman–Crippen LogP) is 5.82. The van der Waals surface area contributed by atoms with E-state index in [4.69, 9.17) is 0 Å². The molecule has 3 aromatic rings. The molecule has 9 heteroatoms. The number of anilines is 1. The van der Waals surface area contributed by atoms with Gasteiger partial charge in [-0.15, -0.1) is 0 Å². The number of carbonyl (C=O) groups excluding carboxylic acids is 2. The van der Waals surface area contributed by atoms with Crippen molar-refractivity contribution in [3.63, 3.8) is 0 Å². The molecule has 0 bridgehead atoms. The van der Waals surface area contributed by atoms with Crippen molar-refractivity contribution >= 4 is 43.5 Å². The lowest BCUT2D eigenvalue weighted by Crippen LogP contribution is -2.53. The van der Waals surface area contributed by atoms with Crippen LogP contribution in [0.25, 0.3) is 0 Å². The lowest BCUT2D eigenvalue weighted by atomic mass is 10.1. The minimum Gasteiger partial charge on any atom is -0.352 e. The molecule has 2 amide bonds. The first-order chi connectivity index (χ1) is 19.2. The molecule has 0 spiro atoms. The number of amides is 2. The fourth-order valence-corrected chi connectivity index (χ4v) is 6.73. The molecular formula is C31H36BrN3O4S. The van der Waals surface area contributed by atoms with Crippen molar-refractivity contribution in [2.24, 2.45) is 0 Å². The Morgan fingerprint density at radius 2 is 1.57 bits per heavy atom. The van der Waals surface area contributed by atoms with Crippen molar-refractivity contribution in [3.05, 3.63) is 94.5 Å². The van der Waals surface area contributed by atoms with Crippen molar-refractivity contribution in [3.8, 4) is 0 Å².